The molecule has 0 saturated heterocycles. The zero-order valence-corrected chi connectivity index (χ0v) is 12.7. The highest BCUT2D eigenvalue weighted by Crippen LogP contribution is 2.40. The Balaban J connectivity index is 2.33. The van der Waals surface area contributed by atoms with Crippen LogP contribution in [0, 0.1) is 5.41 Å². The molecule has 0 radical (unpaired) electrons. The van der Waals surface area contributed by atoms with Crippen LogP contribution in [0.15, 0.2) is 22.7 Å². The molecule has 108 valence electrons. The van der Waals surface area contributed by atoms with Crippen LogP contribution in [0.25, 0.3) is 0 Å². The lowest BCUT2D eigenvalue weighted by Gasteiger charge is -2.29. The summed E-state index contributed by atoms with van der Waals surface area (Å²) in [6.45, 7) is 1.74. The van der Waals surface area contributed by atoms with Gasteiger partial charge in [-0.05, 0) is 47.8 Å². The van der Waals surface area contributed by atoms with Gasteiger partial charge in [-0.1, -0.05) is 12.5 Å². The summed E-state index contributed by atoms with van der Waals surface area (Å²) in [7, 11) is 0. The molecule has 0 aromatic heterocycles. The van der Waals surface area contributed by atoms with Gasteiger partial charge in [-0.15, -0.1) is 0 Å². The van der Waals surface area contributed by atoms with Crippen LogP contribution in [0.3, 0.4) is 0 Å². The Bertz CT molecular complexity index is 561. The lowest BCUT2D eigenvalue weighted by atomic mass is 9.84. The van der Waals surface area contributed by atoms with E-state index in [9.17, 15) is 14.7 Å². The Kier molecular flexibility index (Phi) is 4.04. The lowest BCUT2D eigenvalue weighted by Crippen LogP contribution is -2.40. The molecule has 2 rings (SSSR count). The second-order valence-corrected chi connectivity index (χ2v) is 6.19. The Hall–Kier alpha value is -1.56. The minimum Gasteiger partial charge on any atom is -0.481 e. The topological polar surface area (TPSA) is 92.4 Å². The molecule has 5 nitrogen and oxygen atoms in total. The number of amides is 1. The number of anilines is 1. The molecule has 0 heterocycles. The molecule has 2 atom stereocenters. The van der Waals surface area contributed by atoms with Crippen LogP contribution in [0.2, 0.25) is 0 Å². The number of rotatable bonds is 4. The minimum absolute atomic E-state index is 0.215. The van der Waals surface area contributed by atoms with Gasteiger partial charge in [-0.25, -0.2) is 0 Å². The van der Waals surface area contributed by atoms with Gasteiger partial charge in [-0.2, -0.15) is 0 Å². The zero-order chi connectivity index (χ0) is 14.9. The molecule has 2 unspecified atom stereocenters. The number of aliphatic carboxylic acids is 1. The average Bonchev–Trinajstić information content (AvgIpc) is 2.72. The summed E-state index contributed by atoms with van der Waals surface area (Å²) in [5.74, 6) is -1.36. The normalized spacial score (nSPS) is 25.4. The maximum Gasteiger partial charge on any atom is 0.311 e. The monoisotopic (exact) mass is 340 g/mol. The van der Waals surface area contributed by atoms with Crippen LogP contribution in [-0.4, -0.2) is 23.0 Å². The van der Waals surface area contributed by atoms with Crippen LogP contribution in [-0.2, 0) is 4.79 Å². The van der Waals surface area contributed by atoms with E-state index in [4.69, 9.17) is 5.73 Å². The summed E-state index contributed by atoms with van der Waals surface area (Å²) in [6, 6.07) is 5.04. The number of benzene rings is 1. The number of carboxylic acid groups (broad SMARTS) is 1. The van der Waals surface area contributed by atoms with Gasteiger partial charge in [0.1, 0.15) is 0 Å². The van der Waals surface area contributed by atoms with Crippen molar-refractivity contribution in [3.05, 3.63) is 28.2 Å². The highest BCUT2D eigenvalue weighted by Gasteiger charge is 2.45. The fourth-order valence-corrected chi connectivity index (χ4v) is 3.30. The van der Waals surface area contributed by atoms with Crippen LogP contribution < -0.4 is 11.1 Å². The van der Waals surface area contributed by atoms with Crippen molar-refractivity contribution in [2.45, 2.75) is 32.2 Å². The third kappa shape index (κ3) is 2.52. The van der Waals surface area contributed by atoms with Crippen LogP contribution >= 0.6 is 15.9 Å². The van der Waals surface area contributed by atoms with Crippen molar-refractivity contribution in [2.24, 2.45) is 11.1 Å². The molecule has 20 heavy (non-hydrogen) atoms. The lowest BCUT2D eigenvalue weighted by molar-refractivity contribution is -0.147. The number of hydrogen-bond acceptors (Lipinski definition) is 3. The van der Waals surface area contributed by atoms with Crippen molar-refractivity contribution in [1.29, 1.82) is 0 Å². The van der Waals surface area contributed by atoms with Crippen molar-refractivity contribution in [2.75, 3.05) is 5.32 Å². The summed E-state index contributed by atoms with van der Waals surface area (Å²) in [6.07, 6.45) is 2.23. The molecular formula is C14H17BrN2O3. The van der Waals surface area contributed by atoms with E-state index in [-0.39, 0.29) is 6.04 Å². The van der Waals surface area contributed by atoms with Gasteiger partial charge in [-0.3, -0.25) is 9.59 Å². The van der Waals surface area contributed by atoms with E-state index in [1.54, 1.807) is 25.1 Å². The van der Waals surface area contributed by atoms with Gasteiger partial charge < -0.3 is 16.2 Å². The predicted molar refractivity (Wildman–Crippen MR) is 79.7 cm³/mol. The summed E-state index contributed by atoms with van der Waals surface area (Å²) in [5, 5.41) is 12.6. The van der Waals surface area contributed by atoms with E-state index in [1.165, 1.54) is 0 Å². The first-order valence-corrected chi connectivity index (χ1v) is 7.24. The smallest absolute Gasteiger partial charge is 0.311 e. The Morgan fingerprint density at radius 1 is 1.50 bits per heavy atom. The number of halogens is 1. The summed E-state index contributed by atoms with van der Waals surface area (Å²) < 4.78 is 0.602. The average molecular weight is 341 g/mol. The first kappa shape index (κ1) is 14.8. The van der Waals surface area contributed by atoms with E-state index in [0.29, 0.717) is 22.1 Å². The Morgan fingerprint density at radius 2 is 2.20 bits per heavy atom. The molecular weight excluding hydrogens is 324 g/mol. The third-order valence-corrected chi connectivity index (χ3v) is 4.70. The molecule has 1 aromatic carbocycles. The largest absolute Gasteiger partial charge is 0.481 e. The second-order valence-electron chi connectivity index (χ2n) is 5.34. The first-order chi connectivity index (χ1) is 9.36. The molecule has 1 saturated carbocycles. The van der Waals surface area contributed by atoms with Gasteiger partial charge in [0, 0.05) is 16.2 Å². The number of carbonyl (C=O) groups excluding carboxylic acids is 1. The van der Waals surface area contributed by atoms with Gasteiger partial charge in [0.2, 0.25) is 0 Å². The number of nitrogens with one attached hydrogen (secondary N) is 1. The SMILES string of the molecule is CC1(C(=O)O)CCCC1Nc1cccc(Br)c1C(N)=O. The molecule has 6 heteroatoms. The van der Waals surface area contributed by atoms with E-state index in [1.807, 2.05) is 0 Å². The van der Waals surface area contributed by atoms with Crippen molar-refractivity contribution in [3.8, 4) is 0 Å². The Labute approximate surface area is 125 Å². The number of nitrogens with two attached hydrogens (primary N) is 1. The molecule has 1 aliphatic carbocycles. The number of primary amides is 1. The number of carbonyl (C=O) groups is 2. The van der Waals surface area contributed by atoms with Gasteiger partial charge in [0.05, 0.1) is 11.0 Å². The van der Waals surface area contributed by atoms with Crippen LogP contribution in [0.5, 0.6) is 0 Å². The molecule has 1 aromatic rings. The van der Waals surface area contributed by atoms with Crippen LogP contribution in [0.4, 0.5) is 5.69 Å². The zero-order valence-electron chi connectivity index (χ0n) is 11.1. The molecule has 0 aliphatic heterocycles. The van der Waals surface area contributed by atoms with Crippen molar-refractivity contribution < 1.29 is 14.7 Å². The van der Waals surface area contributed by atoms with Gasteiger partial charge >= 0.3 is 5.97 Å². The highest BCUT2D eigenvalue weighted by atomic mass is 79.9. The predicted octanol–water partition coefficient (Wildman–Crippen LogP) is 2.60. The van der Waals surface area contributed by atoms with Gasteiger partial charge in [0.15, 0.2) is 0 Å². The van der Waals surface area contributed by atoms with Crippen molar-refractivity contribution in [3.63, 3.8) is 0 Å². The number of hydrogen-bond donors (Lipinski definition) is 3. The molecule has 1 amide bonds. The highest BCUT2D eigenvalue weighted by molar-refractivity contribution is 9.10. The first-order valence-electron chi connectivity index (χ1n) is 6.44. The summed E-state index contributed by atoms with van der Waals surface area (Å²) in [5.41, 5.74) is 5.50. The van der Waals surface area contributed by atoms with Crippen molar-refractivity contribution in [1.82, 2.24) is 0 Å². The Morgan fingerprint density at radius 3 is 2.80 bits per heavy atom. The van der Waals surface area contributed by atoms with Gasteiger partial charge in [0.25, 0.3) is 5.91 Å². The molecule has 0 spiro atoms. The third-order valence-electron chi connectivity index (χ3n) is 4.04. The molecule has 1 aliphatic rings. The fourth-order valence-electron chi connectivity index (χ4n) is 2.74. The maximum atomic E-state index is 11.5. The minimum atomic E-state index is -0.822. The molecule has 0 bridgehead atoms. The summed E-state index contributed by atoms with van der Waals surface area (Å²) >= 11 is 3.30. The summed E-state index contributed by atoms with van der Waals surface area (Å²) in [4.78, 5) is 23.0. The molecule has 1 fully saturated rings. The fraction of sp³-hybridized carbons (Fsp3) is 0.429. The van der Waals surface area contributed by atoms with Crippen molar-refractivity contribution >= 4 is 33.5 Å². The van der Waals surface area contributed by atoms with E-state index < -0.39 is 17.3 Å². The number of carboxylic acids is 1. The van der Waals surface area contributed by atoms with E-state index in [0.717, 1.165) is 12.8 Å². The van der Waals surface area contributed by atoms with Crippen LogP contribution in [0.1, 0.15) is 36.5 Å². The van der Waals surface area contributed by atoms with E-state index in [2.05, 4.69) is 21.2 Å². The standard InChI is InChI=1S/C14H17BrN2O3/c1-14(13(19)20)7-3-6-10(14)17-9-5-2-4-8(15)11(9)12(16)18/h2,4-5,10,17H,3,6-7H2,1H3,(H2,16,18)(H,19,20). The maximum absolute atomic E-state index is 11.5. The van der Waals surface area contributed by atoms with E-state index >= 15 is 0 Å². The second kappa shape index (κ2) is 5.44. The molecule has 4 N–H and O–H groups in total. The quantitative estimate of drug-likeness (QED) is 0.785.